The number of carbonyl (C=O) groups is 1. The van der Waals surface area contributed by atoms with Gasteiger partial charge in [0.2, 0.25) is 5.91 Å². The summed E-state index contributed by atoms with van der Waals surface area (Å²) in [7, 11) is 1.66. The molecule has 1 aliphatic heterocycles. The Labute approximate surface area is 185 Å². The van der Waals surface area contributed by atoms with Gasteiger partial charge >= 0.3 is 0 Å². The van der Waals surface area contributed by atoms with Crippen molar-refractivity contribution in [3.05, 3.63) is 59.2 Å². The largest absolute Gasteiger partial charge is 0.497 e. The number of nitrogens with zero attached hydrogens (tertiary/aromatic N) is 2. The lowest BCUT2D eigenvalue weighted by atomic mass is 10.1. The third kappa shape index (κ3) is 7.06. The Morgan fingerprint density at radius 3 is 2.26 bits per heavy atom. The molecule has 0 aromatic heterocycles. The van der Waals surface area contributed by atoms with Crippen LogP contribution in [0.15, 0.2) is 42.5 Å². The van der Waals surface area contributed by atoms with Crippen molar-refractivity contribution >= 4 is 11.6 Å². The minimum atomic E-state index is -0.346. The summed E-state index contributed by atoms with van der Waals surface area (Å²) >= 11 is 0. The van der Waals surface area contributed by atoms with Crippen LogP contribution in [0.25, 0.3) is 0 Å². The maximum Gasteiger partial charge on any atom is 0.238 e. The molecule has 0 saturated carbocycles. The fourth-order valence-corrected chi connectivity index (χ4v) is 4.04. The van der Waals surface area contributed by atoms with Crippen molar-refractivity contribution in [2.24, 2.45) is 0 Å². The molecule has 1 saturated heterocycles. The lowest BCUT2D eigenvalue weighted by Crippen LogP contribution is -2.50. The summed E-state index contributed by atoms with van der Waals surface area (Å²) in [6, 6.07) is 14.0. The predicted octanol–water partition coefficient (Wildman–Crippen LogP) is 2.86. The second-order valence-corrected chi connectivity index (χ2v) is 8.43. The van der Waals surface area contributed by atoms with Crippen LogP contribution in [0.2, 0.25) is 0 Å². The highest BCUT2D eigenvalue weighted by Gasteiger charge is 2.21. The molecule has 0 radical (unpaired) electrons. The number of anilines is 1. The zero-order chi connectivity index (χ0) is 22.2. The van der Waals surface area contributed by atoms with Crippen molar-refractivity contribution in [2.75, 3.05) is 51.7 Å². The van der Waals surface area contributed by atoms with Crippen molar-refractivity contribution < 1.29 is 14.6 Å². The van der Waals surface area contributed by atoms with Crippen molar-refractivity contribution in [2.45, 2.75) is 32.8 Å². The van der Waals surface area contributed by atoms with Crippen LogP contribution in [-0.2, 0) is 11.2 Å². The van der Waals surface area contributed by atoms with Gasteiger partial charge in [0.05, 0.1) is 19.8 Å². The summed E-state index contributed by atoms with van der Waals surface area (Å²) in [5.41, 5.74) is 4.30. The first-order valence-electron chi connectivity index (χ1n) is 11.1. The minimum absolute atomic E-state index is 0.0328. The summed E-state index contributed by atoms with van der Waals surface area (Å²) in [4.78, 5) is 17.0. The first kappa shape index (κ1) is 23.3. The Kier molecular flexibility index (Phi) is 8.46. The number of piperazine rings is 1. The van der Waals surface area contributed by atoms with Crippen LogP contribution in [0, 0.1) is 13.8 Å². The van der Waals surface area contributed by atoms with Gasteiger partial charge < -0.3 is 15.2 Å². The van der Waals surface area contributed by atoms with Gasteiger partial charge in [0, 0.05) is 38.4 Å². The molecule has 1 amide bonds. The molecule has 6 heteroatoms. The second kappa shape index (κ2) is 11.3. The number of aryl methyl sites for hydroxylation is 3. The maximum atomic E-state index is 12.5. The fourth-order valence-electron chi connectivity index (χ4n) is 4.04. The molecule has 1 aliphatic rings. The Balaban J connectivity index is 1.36. The quantitative estimate of drug-likeness (QED) is 0.647. The molecule has 1 heterocycles. The van der Waals surface area contributed by atoms with Gasteiger partial charge in [-0.25, -0.2) is 0 Å². The number of amides is 1. The molecule has 1 unspecified atom stereocenters. The fraction of sp³-hybridized carbons (Fsp3) is 0.480. The number of β-amino-alcohol motifs (C(OH)–C–C–N with tert-alkyl or cyclic N) is 1. The number of nitrogens with one attached hydrogen (secondary N) is 1. The summed E-state index contributed by atoms with van der Waals surface area (Å²) in [6.45, 7) is 8.53. The molecule has 2 aromatic rings. The Morgan fingerprint density at radius 1 is 1.03 bits per heavy atom. The van der Waals surface area contributed by atoms with Crippen molar-refractivity contribution in [1.82, 2.24) is 9.80 Å². The van der Waals surface area contributed by atoms with E-state index in [1.807, 2.05) is 56.3 Å². The summed E-state index contributed by atoms with van der Waals surface area (Å²) in [6.07, 6.45) is 1.25. The van der Waals surface area contributed by atoms with Crippen molar-refractivity contribution in [1.29, 1.82) is 0 Å². The average Bonchev–Trinajstić information content (AvgIpc) is 2.77. The Hall–Kier alpha value is -2.41. The minimum Gasteiger partial charge on any atom is -0.497 e. The van der Waals surface area contributed by atoms with E-state index >= 15 is 0 Å². The first-order valence-corrected chi connectivity index (χ1v) is 11.1. The monoisotopic (exact) mass is 425 g/mol. The van der Waals surface area contributed by atoms with Gasteiger partial charge in [-0.2, -0.15) is 0 Å². The zero-order valence-electron chi connectivity index (χ0n) is 18.9. The molecular weight excluding hydrogens is 390 g/mol. The molecule has 3 rings (SSSR count). The van der Waals surface area contributed by atoms with Crippen molar-refractivity contribution in [3.8, 4) is 5.75 Å². The van der Waals surface area contributed by atoms with E-state index in [-0.39, 0.29) is 12.0 Å². The molecule has 0 spiro atoms. The van der Waals surface area contributed by atoms with Crippen LogP contribution in [0.3, 0.4) is 0 Å². The highest BCUT2D eigenvalue weighted by atomic mass is 16.5. The van der Waals surface area contributed by atoms with Gasteiger partial charge in [-0.15, -0.1) is 0 Å². The third-order valence-corrected chi connectivity index (χ3v) is 5.97. The number of benzene rings is 2. The molecule has 6 nitrogen and oxygen atoms in total. The SMILES string of the molecule is COc1ccc(CCC(O)CN2CCN(CC(=O)Nc3c(C)cccc3C)CC2)cc1. The third-order valence-electron chi connectivity index (χ3n) is 5.97. The number of aliphatic hydroxyl groups excluding tert-OH is 1. The van der Waals surface area contributed by atoms with Crippen molar-refractivity contribution in [3.63, 3.8) is 0 Å². The topological polar surface area (TPSA) is 65.0 Å². The maximum absolute atomic E-state index is 12.5. The average molecular weight is 426 g/mol. The van der Waals surface area contributed by atoms with Gasteiger partial charge in [0.25, 0.3) is 0 Å². The van der Waals surface area contributed by atoms with Crippen LogP contribution in [0.4, 0.5) is 5.69 Å². The van der Waals surface area contributed by atoms with Crippen LogP contribution >= 0.6 is 0 Å². The molecule has 2 aromatic carbocycles. The van der Waals surface area contributed by atoms with Crippen LogP contribution < -0.4 is 10.1 Å². The van der Waals surface area contributed by atoms with Crippen LogP contribution in [0.5, 0.6) is 5.75 Å². The summed E-state index contributed by atoms with van der Waals surface area (Å²) < 4.78 is 5.18. The summed E-state index contributed by atoms with van der Waals surface area (Å²) in [5, 5.41) is 13.5. The zero-order valence-corrected chi connectivity index (χ0v) is 18.9. The Morgan fingerprint density at radius 2 is 1.65 bits per heavy atom. The molecule has 1 fully saturated rings. The van der Waals surface area contributed by atoms with Gasteiger partial charge in [-0.1, -0.05) is 30.3 Å². The first-order chi connectivity index (χ1) is 14.9. The standard InChI is InChI=1S/C25H35N3O3/c1-19-5-4-6-20(2)25(19)26-24(30)18-28-15-13-27(14-16-28)17-22(29)10-7-21-8-11-23(31-3)12-9-21/h4-6,8-9,11-12,22,29H,7,10,13-18H2,1-3H3,(H,26,30). The number of ether oxygens (including phenoxy) is 1. The van der Waals surface area contributed by atoms with Gasteiger partial charge in [-0.05, 0) is 55.5 Å². The van der Waals surface area contributed by atoms with E-state index in [0.29, 0.717) is 13.1 Å². The number of hydrogen-bond donors (Lipinski definition) is 2. The lowest BCUT2D eigenvalue weighted by molar-refractivity contribution is -0.117. The lowest BCUT2D eigenvalue weighted by Gasteiger charge is -2.35. The van der Waals surface area contributed by atoms with Gasteiger partial charge in [0.15, 0.2) is 0 Å². The molecule has 168 valence electrons. The normalized spacial score (nSPS) is 16.1. The van der Waals surface area contributed by atoms with Gasteiger partial charge in [-0.3, -0.25) is 14.6 Å². The van der Waals surface area contributed by atoms with Gasteiger partial charge in [0.1, 0.15) is 5.75 Å². The molecular formula is C25H35N3O3. The molecule has 0 aliphatic carbocycles. The van der Waals surface area contributed by atoms with E-state index in [9.17, 15) is 9.90 Å². The number of rotatable bonds is 9. The highest BCUT2D eigenvalue weighted by Crippen LogP contribution is 2.19. The molecule has 1 atom stereocenters. The van der Waals surface area contributed by atoms with E-state index in [0.717, 1.165) is 61.6 Å². The second-order valence-electron chi connectivity index (χ2n) is 8.43. The predicted molar refractivity (Wildman–Crippen MR) is 125 cm³/mol. The number of para-hydroxylation sites is 1. The van der Waals surface area contributed by atoms with Crippen LogP contribution in [0.1, 0.15) is 23.1 Å². The Bertz CT molecular complexity index is 825. The van der Waals surface area contributed by atoms with E-state index in [2.05, 4.69) is 15.1 Å². The smallest absolute Gasteiger partial charge is 0.238 e. The van der Waals surface area contributed by atoms with E-state index in [4.69, 9.17) is 4.74 Å². The molecule has 0 bridgehead atoms. The molecule has 31 heavy (non-hydrogen) atoms. The number of methoxy groups -OCH3 is 1. The number of aliphatic hydroxyl groups is 1. The van der Waals surface area contributed by atoms with E-state index in [1.54, 1.807) is 7.11 Å². The van der Waals surface area contributed by atoms with E-state index in [1.165, 1.54) is 5.56 Å². The number of hydrogen-bond acceptors (Lipinski definition) is 5. The van der Waals surface area contributed by atoms with Crippen LogP contribution in [-0.4, -0.2) is 73.3 Å². The summed E-state index contributed by atoms with van der Waals surface area (Å²) in [5.74, 6) is 0.885. The van der Waals surface area contributed by atoms with E-state index < -0.39 is 0 Å². The molecule has 2 N–H and O–H groups in total. The number of carbonyl (C=O) groups excluding carboxylic acids is 1. The highest BCUT2D eigenvalue weighted by molar-refractivity contribution is 5.93.